The van der Waals surface area contributed by atoms with Crippen molar-refractivity contribution in [2.45, 2.75) is 12.8 Å². The van der Waals surface area contributed by atoms with Crippen molar-refractivity contribution < 1.29 is 19.7 Å². The molecule has 2 aromatic rings. The predicted molar refractivity (Wildman–Crippen MR) is 75.2 cm³/mol. The van der Waals surface area contributed by atoms with Gasteiger partial charge in [-0.3, -0.25) is 4.79 Å². The Balaban J connectivity index is 2.10. The average molecular weight is 272 g/mol. The molecule has 4 heteroatoms. The molecule has 0 bridgehead atoms. The van der Waals surface area contributed by atoms with Crippen LogP contribution in [0.15, 0.2) is 48.5 Å². The summed E-state index contributed by atoms with van der Waals surface area (Å²) < 4.78 is 5.55. The first kappa shape index (κ1) is 13.9. The van der Waals surface area contributed by atoms with E-state index < -0.39 is 11.9 Å². The van der Waals surface area contributed by atoms with Crippen LogP contribution in [-0.2, 0) is 4.79 Å². The van der Waals surface area contributed by atoms with Crippen LogP contribution >= 0.6 is 0 Å². The molecule has 0 heterocycles. The topological polar surface area (TPSA) is 66.8 Å². The monoisotopic (exact) mass is 272 g/mol. The molecule has 0 amide bonds. The quantitative estimate of drug-likeness (QED) is 0.878. The van der Waals surface area contributed by atoms with E-state index in [9.17, 15) is 15.0 Å². The zero-order chi connectivity index (χ0) is 14.5. The maximum Gasteiger partial charge on any atom is 0.314 e. The molecule has 0 aromatic heterocycles. The molecule has 4 nitrogen and oxygen atoms in total. The number of aryl methyl sites for hydroxylation is 1. The highest BCUT2D eigenvalue weighted by Gasteiger charge is 2.20. The van der Waals surface area contributed by atoms with E-state index in [2.05, 4.69) is 0 Å². The Morgan fingerprint density at radius 1 is 1.20 bits per heavy atom. The van der Waals surface area contributed by atoms with Crippen molar-refractivity contribution in [2.24, 2.45) is 0 Å². The molecule has 0 fully saturated rings. The van der Waals surface area contributed by atoms with E-state index in [4.69, 9.17) is 4.74 Å². The van der Waals surface area contributed by atoms with Gasteiger partial charge in [-0.25, -0.2) is 0 Å². The molecule has 104 valence electrons. The van der Waals surface area contributed by atoms with E-state index in [1.807, 2.05) is 25.1 Å². The number of phenolic OH excluding ortho intramolecular Hbond substituents is 1. The van der Waals surface area contributed by atoms with Crippen molar-refractivity contribution >= 4 is 5.97 Å². The number of carboxylic acid groups (broad SMARTS) is 1. The van der Waals surface area contributed by atoms with Crippen molar-refractivity contribution in [2.75, 3.05) is 6.61 Å². The molecule has 0 saturated carbocycles. The lowest BCUT2D eigenvalue weighted by atomic mass is 10.0. The number of aromatic hydroxyl groups is 1. The first-order chi connectivity index (χ1) is 9.56. The zero-order valence-electron chi connectivity index (χ0n) is 11.1. The van der Waals surface area contributed by atoms with Gasteiger partial charge in [-0.05, 0) is 42.3 Å². The Morgan fingerprint density at radius 3 is 2.50 bits per heavy atom. The van der Waals surface area contributed by atoms with Crippen LogP contribution in [0.4, 0.5) is 0 Å². The molecular weight excluding hydrogens is 256 g/mol. The molecule has 0 aliphatic heterocycles. The van der Waals surface area contributed by atoms with E-state index in [0.717, 1.165) is 5.56 Å². The van der Waals surface area contributed by atoms with Crippen molar-refractivity contribution in [3.05, 3.63) is 59.7 Å². The zero-order valence-corrected chi connectivity index (χ0v) is 11.1. The van der Waals surface area contributed by atoms with Crippen LogP contribution in [0.3, 0.4) is 0 Å². The molecule has 1 unspecified atom stereocenters. The second-order valence-electron chi connectivity index (χ2n) is 4.61. The predicted octanol–water partition coefficient (Wildman–Crippen LogP) is 2.95. The first-order valence-electron chi connectivity index (χ1n) is 6.27. The summed E-state index contributed by atoms with van der Waals surface area (Å²) in [7, 11) is 0. The van der Waals surface area contributed by atoms with Crippen LogP contribution in [0.25, 0.3) is 0 Å². The Hall–Kier alpha value is -2.49. The Bertz CT molecular complexity index is 590. The Morgan fingerprint density at radius 2 is 1.90 bits per heavy atom. The standard InChI is InChI=1S/C16H16O4/c1-11-3-2-4-14(9-11)20-10-15(16(18)19)12-5-7-13(17)8-6-12/h2-9,15,17H,10H2,1H3,(H,18,19). The third-order valence-electron chi connectivity index (χ3n) is 3.00. The largest absolute Gasteiger partial charge is 0.508 e. The van der Waals surface area contributed by atoms with Crippen LogP contribution in [0.1, 0.15) is 17.0 Å². The van der Waals surface area contributed by atoms with Crippen LogP contribution in [0.2, 0.25) is 0 Å². The second kappa shape index (κ2) is 6.10. The van der Waals surface area contributed by atoms with Crippen molar-refractivity contribution in [3.63, 3.8) is 0 Å². The van der Waals surface area contributed by atoms with Gasteiger partial charge in [0.25, 0.3) is 0 Å². The smallest absolute Gasteiger partial charge is 0.314 e. The third-order valence-corrected chi connectivity index (χ3v) is 3.00. The number of phenols is 1. The number of aliphatic carboxylic acids is 1. The van der Waals surface area contributed by atoms with Crippen molar-refractivity contribution in [1.29, 1.82) is 0 Å². The summed E-state index contributed by atoms with van der Waals surface area (Å²) in [5.74, 6) is -0.966. The molecule has 0 aliphatic rings. The van der Waals surface area contributed by atoms with Crippen LogP contribution in [0, 0.1) is 6.92 Å². The summed E-state index contributed by atoms with van der Waals surface area (Å²) in [6, 6.07) is 13.6. The molecule has 0 radical (unpaired) electrons. The number of carboxylic acids is 1. The van der Waals surface area contributed by atoms with Gasteiger partial charge < -0.3 is 14.9 Å². The fraction of sp³-hybridized carbons (Fsp3) is 0.188. The van der Waals surface area contributed by atoms with Gasteiger partial charge >= 0.3 is 5.97 Å². The molecule has 1 atom stereocenters. The summed E-state index contributed by atoms with van der Waals surface area (Å²) in [5.41, 5.74) is 1.65. The lowest BCUT2D eigenvalue weighted by Gasteiger charge is -2.14. The van der Waals surface area contributed by atoms with Gasteiger partial charge in [-0.15, -0.1) is 0 Å². The minimum atomic E-state index is -0.955. The number of benzene rings is 2. The molecule has 0 saturated heterocycles. The third kappa shape index (κ3) is 3.51. The summed E-state index contributed by atoms with van der Waals surface area (Å²) in [6.45, 7) is 1.99. The lowest BCUT2D eigenvalue weighted by molar-refractivity contribution is -0.139. The minimum absolute atomic E-state index is 0.0452. The maximum atomic E-state index is 11.3. The summed E-state index contributed by atoms with van der Waals surface area (Å²) in [6.07, 6.45) is 0. The number of hydrogen-bond donors (Lipinski definition) is 2. The molecule has 0 aliphatic carbocycles. The van der Waals surface area contributed by atoms with Gasteiger partial charge in [-0.2, -0.15) is 0 Å². The van der Waals surface area contributed by atoms with Gasteiger partial charge in [0.05, 0.1) is 0 Å². The first-order valence-corrected chi connectivity index (χ1v) is 6.27. The molecule has 0 spiro atoms. The van der Waals surface area contributed by atoms with E-state index in [0.29, 0.717) is 11.3 Å². The van der Waals surface area contributed by atoms with E-state index in [-0.39, 0.29) is 12.4 Å². The van der Waals surface area contributed by atoms with Gasteiger partial charge in [0.15, 0.2) is 0 Å². The Labute approximate surface area is 117 Å². The summed E-state index contributed by atoms with van der Waals surface area (Å²) >= 11 is 0. The average Bonchev–Trinajstić information content (AvgIpc) is 2.41. The number of carbonyl (C=O) groups is 1. The highest BCUT2D eigenvalue weighted by atomic mass is 16.5. The van der Waals surface area contributed by atoms with Gasteiger partial charge in [-0.1, -0.05) is 24.3 Å². The van der Waals surface area contributed by atoms with Crippen molar-refractivity contribution in [1.82, 2.24) is 0 Å². The number of hydrogen-bond acceptors (Lipinski definition) is 3. The molecular formula is C16H16O4. The van der Waals surface area contributed by atoms with E-state index in [1.165, 1.54) is 12.1 Å². The van der Waals surface area contributed by atoms with E-state index in [1.54, 1.807) is 18.2 Å². The fourth-order valence-corrected chi connectivity index (χ4v) is 1.90. The molecule has 20 heavy (non-hydrogen) atoms. The second-order valence-corrected chi connectivity index (χ2v) is 4.61. The highest BCUT2D eigenvalue weighted by molar-refractivity contribution is 5.76. The van der Waals surface area contributed by atoms with Crippen LogP contribution < -0.4 is 4.74 Å². The van der Waals surface area contributed by atoms with E-state index >= 15 is 0 Å². The van der Waals surface area contributed by atoms with Gasteiger partial charge in [0.1, 0.15) is 24.0 Å². The lowest BCUT2D eigenvalue weighted by Crippen LogP contribution is -2.19. The SMILES string of the molecule is Cc1cccc(OCC(C(=O)O)c2ccc(O)cc2)c1. The van der Waals surface area contributed by atoms with Crippen LogP contribution in [0.5, 0.6) is 11.5 Å². The Kier molecular flexibility index (Phi) is 4.25. The minimum Gasteiger partial charge on any atom is -0.508 e. The maximum absolute atomic E-state index is 11.3. The highest BCUT2D eigenvalue weighted by Crippen LogP contribution is 2.21. The normalized spacial score (nSPS) is 11.8. The van der Waals surface area contributed by atoms with Gasteiger partial charge in [0, 0.05) is 0 Å². The summed E-state index contributed by atoms with van der Waals surface area (Å²) in [5, 5.41) is 18.5. The van der Waals surface area contributed by atoms with Gasteiger partial charge in [0.2, 0.25) is 0 Å². The van der Waals surface area contributed by atoms with Crippen LogP contribution in [-0.4, -0.2) is 22.8 Å². The summed E-state index contributed by atoms with van der Waals surface area (Å²) in [4.78, 5) is 11.3. The molecule has 2 rings (SSSR count). The fourth-order valence-electron chi connectivity index (χ4n) is 1.90. The number of ether oxygens (including phenoxy) is 1. The number of rotatable bonds is 5. The molecule has 2 aromatic carbocycles. The van der Waals surface area contributed by atoms with Crippen molar-refractivity contribution in [3.8, 4) is 11.5 Å². The molecule has 2 N–H and O–H groups in total.